The predicted molar refractivity (Wildman–Crippen MR) is 64.2 cm³/mol. The molecule has 0 bridgehead atoms. The van der Waals surface area contributed by atoms with Gasteiger partial charge in [-0.25, -0.2) is 4.79 Å². The van der Waals surface area contributed by atoms with Crippen LogP contribution in [-0.2, 0) is 14.3 Å². The number of amides is 1. The largest absolute Gasteiger partial charge is 0.467 e. The molecule has 0 spiro atoms. The highest BCUT2D eigenvalue weighted by atomic mass is 16.5. The van der Waals surface area contributed by atoms with Crippen LogP contribution in [0.15, 0.2) is 35.5 Å². The quantitative estimate of drug-likeness (QED) is 0.359. The van der Waals surface area contributed by atoms with Gasteiger partial charge >= 0.3 is 5.97 Å². The highest BCUT2D eigenvalue weighted by molar-refractivity contribution is 6.38. The van der Waals surface area contributed by atoms with Crippen molar-refractivity contribution in [3.8, 4) is 0 Å². The van der Waals surface area contributed by atoms with Gasteiger partial charge in [0.15, 0.2) is 6.04 Å². The minimum Gasteiger partial charge on any atom is -0.467 e. The summed E-state index contributed by atoms with van der Waals surface area (Å²) in [6.45, 7) is 1.33. The molecule has 0 heterocycles. The van der Waals surface area contributed by atoms with Crippen LogP contribution in [0.4, 0.5) is 0 Å². The molecular formula is C12H14N2O4. The second-order valence-corrected chi connectivity index (χ2v) is 3.53. The SMILES string of the molecule is COC(=O)C(NC(=O)/C(C)=N/O)c1ccccc1. The van der Waals surface area contributed by atoms with Gasteiger partial charge in [0.2, 0.25) is 0 Å². The smallest absolute Gasteiger partial charge is 0.333 e. The number of oxime groups is 1. The fourth-order valence-electron chi connectivity index (χ4n) is 1.32. The summed E-state index contributed by atoms with van der Waals surface area (Å²) >= 11 is 0. The van der Waals surface area contributed by atoms with Crippen molar-refractivity contribution in [2.75, 3.05) is 7.11 Å². The van der Waals surface area contributed by atoms with Crippen LogP contribution in [0.2, 0.25) is 0 Å². The molecule has 18 heavy (non-hydrogen) atoms. The molecule has 1 aromatic rings. The molecule has 0 aliphatic heterocycles. The Morgan fingerprint density at radius 1 is 1.33 bits per heavy atom. The number of carbonyl (C=O) groups excluding carboxylic acids is 2. The zero-order valence-corrected chi connectivity index (χ0v) is 10.1. The maximum atomic E-state index is 11.6. The number of benzene rings is 1. The summed E-state index contributed by atoms with van der Waals surface area (Å²) in [4.78, 5) is 23.2. The third kappa shape index (κ3) is 3.31. The molecule has 0 aliphatic carbocycles. The normalized spacial score (nSPS) is 12.7. The molecule has 1 rings (SSSR count). The molecule has 0 saturated heterocycles. The van der Waals surface area contributed by atoms with Crippen molar-refractivity contribution in [3.05, 3.63) is 35.9 Å². The van der Waals surface area contributed by atoms with Crippen LogP contribution in [0, 0.1) is 0 Å². The van der Waals surface area contributed by atoms with Gasteiger partial charge in [-0.15, -0.1) is 0 Å². The Morgan fingerprint density at radius 3 is 2.44 bits per heavy atom. The number of ether oxygens (including phenoxy) is 1. The average molecular weight is 250 g/mol. The Labute approximate surface area is 104 Å². The zero-order chi connectivity index (χ0) is 13.5. The summed E-state index contributed by atoms with van der Waals surface area (Å²) in [7, 11) is 1.23. The Morgan fingerprint density at radius 2 is 1.94 bits per heavy atom. The van der Waals surface area contributed by atoms with Crippen molar-refractivity contribution in [2.45, 2.75) is 13.0 Å². The first-order valence-electron chi connectivity index (χ1n) is 5.22. The van der Waals surface area contributed by atoms with Crippen molar-refractivity contribution in [1.29, 1.82) is 0 Å². The van der Waals surface area contributed by atoms with Crippen LogP contribution >= 0.6 is 0 Å². The van der Waals surface area contributed by atoms with Crippen molar-refractivity contribution in [3.63, 3.8) is 0 Å². The van der Waals surface area contributed by atoms with E-state index in [9.17, 15) is 9.59 Å². The summed E-state index contributed by atoms with van der Waals surface area (Å²) < 4.78 is 4.63. The molecule has 0 aliphatic rings. The molecule has 1 amide bonds. The fourth-order valence-corrected chi connectivity index (χ4v) is 1.32. The van der Waals surface area contributed by atoms with E-state index in [4.69, 9.17) is 5.21 Å². The number of esters is 1. The summed E-state index contributed by atoms with van der Waals surface area (Å²) in [6.07, 6.45) is 0. The fraction of sp³-hybridized carbons (Fsp3) is 0.250. The van der Waals surface area contributed by atoms with Gasteiger partial charge in [0.05, 0.1) is 7.11 Å². The van der Waals surface area contributed by atoms with Crippen LogP contribution in [0.1, 0.15) is 18.5 Å². The summed E-state index contributed by atoms with van der Waals surface area (Å²) in [6, 6.07) is 7.72. The van der Waals surface area contributed by atoms with Gasteiger partial charge in [-0.3, -0.25) is 4.79 Å². The lowest BCUT2D eigenvalue weighted by Gasteiger charge is -2.16. The number of hydrogen-bond donors (Lipinski definition) is 2. The molecular weight excluding hydrogens is 236 g/mol. The number of carbonyl (C=O) groups is 2. The van der Waals surface area contributed by atoms with Crippen molar-refractivity contribution in [2.24, 2.45) is 5.16 Å². The number of methoxy groups -OCH3 is 1. The Bertz CT molecular complexity index is 456. The lowest BCUT2D eigenvalue weighted by Crippen LogP contribution is -2.37. The summed E-state index contributed by atoms with van der Waals surface area (Å²) in [5, 5.41) is 13.7. The maximum Gasteiger partial charge on any atom is 0.333 e. The molecule has 0 fully saturated rings. The van der Waals surface area contributed by atoms with E-state index in [0.717, 1.165) is 0 Å². The van der Waals surface area contributed by atoms with Crippen LogP contribution in [-0.4, -0.2) is 29.9 Å². The molecule has 1 aromatic carbocycles. The summed E-state index contributed by atoms with van der Waals surface area (Å²) in [5.41, 5.74) is 0.447. The number of nitrogens with one attached hydrogen (secondary N) is 1. The molecule has 6 nitrogen and oxygen atoms in total. The highest BCUT2D eigenvalue weighted by Crippen LogP contribution is 2.13. The molecule has 96 valence electrons. The van der Waals surface area contributed by atoms with Crippen LogP contribution < -0.4 is 5.32 Å². The first kappa shape index (κ1) is 13.7. The van der Waals surface area contributed by atoms with Crippen molar-refractivity contribution in [1.82, 2.24) is 5.32 Å². The summed E-state index contributed by atoms with van der Waals surface area (Å²) in [5.74, 6) is -1.24. The first-order valence-corrected chi connectivity index (χ1v) is 5.22. The molecule has 0 radical (unpaired) electrons. The number of nitrogens with zero attached hydrogens (tertiary/aromatic N) is 1. The van der Waals surface area contributed by atoms with E-state index < -0.39 is 17.9 Å². The van der Waals surface area contributed by atoms with Gasteiger partial charge in [-0.1, -0.05) is 35.5 Å². The van der Waals surface area contributed by atoms with E-state index in [1.54, 1.807) is 30.3 Å². The topological polar surface area (TPSA) is 88.0 Å². The number of hydrogen-bond acceptors (Lipinski definition) is 5. The second kappa shape index (κ2) is 6.39. The monoisotopic (exact) mass is 250 g/mol. The van der Waals surface area contributed by atoms with E-state index in [0.29, 0.717) is 5.56 Å². The third-order valence-electron chi connectivity index (χ3n) is 2.32. The second-order valence-electron chi connectivity index (χ2n) is 3.53. The Kier molecular flexibility index (Phi) is 4.86. The molecule has 1 atom stereocenters. The predicted octanol–water partition coefficient (Wildman–Crippen LogP) is 0.867. The Balaban J connectivity index is 2.94. The molecule has 1 unspecified atom stereocenters. The van der Waals surface area contributed by atoms with Crippen molar-refractivity contribution < 1.29 is 19.5 Å². The van der Waals surface area contributed by atoms with E-state index in [-0.39, 0.29) is 5.71 Å². The highest BCUT2D eigenvalue weighted by Gasteiger charge is 2.24. The van der Waals surface area contributed by atoms with E-state index in [1.165, 1.54) is 14.0 Å². The standard InChI is InChI=1S/C12H14N2O4/c1-8(14-17)11(15)13-10(12(16)18-2)9-6-4-3-5-7-9/h3-7,10,17H,1-2H3,(H,13,15)/b14-8+. The van der Waals surface area contributed by atoms with E-state index in [2.05, 4.69) is 15.2 Å². The molecule has 0 aromatic heterocycles. The van der Waals surface area contributed by atoms with E-state index in [1.807, 2.05) is 0 Å². The van der Waals surface area contributed by atoms with Gasteiger partial charge in [0, 0.05) is 0 Å². The van der Waals surface area contributed by atoms with Crippen molar-refractivity contribution >= 4 is 17.6 Å². The van der Waals surface area contributed by atoms with E-state index >= 15 is 0 Å². The number of rotatable bonds is 4. The minimum absolute atomic E-state index is 0.139. The van der Waals surface area contributed by atoms with Gasteiger partial charge < -0.3 is 15.3 Å². The molecule has 2 N–H and O–H groups in total. The lowest BCUT2D eigenvalue weighted by molar-refractivity contribution is -0.144. The zero-order valence-electron chi connectivity index (χ0n) is 10.1. The minimum atomic E-state index is -0.930. The lowest BCUT2D eigenvalue weighted by atomic mass is 10.1. The van der Waals surface area contributed by atoms with Crippen LogP contribution in [0.5, 0.6) is 0 Å². The maximum absolute atomic E-state index is 11.6. The van der Waals surface area contributed by atoms with Gasteiger partial charge in [-0.05, 0) is 12.5 Å². The molecule has 0 saturated carbocycles. The van der Waals surface area contributed by atoms with Crippen LogP contribution in [0.25, 0.3) is 0 Å². The van der Waals surface area contributed by atoms with Gasteiger partial charge in [-0.2, -0.15) is 0 Å². The molecule has 6 heteroatoms. The van der Waals surface area contributed by atoms with Gasteiger partial charge in [0.1, 0.15) is 5.71 Å². The Hall–Kier alpha value is -2.37. The average Bonchev–Trinajstić information content (AvgIpc) is 2.43. The van der Waals surface area contributed by atoms with Crippen LogP contribution in [0.3, 0.4) is 0 Å². The first-order chi connectivity index (χ1) is 8.60. The van der Waals surface area contributed by atoms with Gasteiger partial charge in [0.25, 0.3) is 5.91 Å². The third-order valence-corrected chi connectivity index (χ3v) is 2.32.